The smallest absolute Gasteiger partial charge is 0.232 e. The summed E-state index contributed by atoms with van der Waals surface area (Å²) in [7, 11) is 1.04. The summed E-state index contributed by atoms with van der Waals surface area (Å²) in [5.74, 6) is -0.366. The van der Waals surface area contributed by atoms with Gasteiger partial charge in [0.15, 0.2) is 27.3 Å². The first-order chi connectivity index (χ1) is 18.9. The zero-order valence-corrected chi connectivity index (χ0v) is 23.8. The van der Waals surface area contributed by atoms with E-state index in [0.717, 1.165) is 47.4 Å². The zero-order valence-electron chi connectivity index (χ0n) is 23.0. The van der Waals surface area contributed by atoms with E-state index in [9.17, 15) is 8.42 Å². The highest BCUT2D eigenvalue weighted by atomic mass is 32.2. The summed E-state index contributed by atoms with van der Waals surface area (Å²) in [6.07, 6.45) is 4.27. The van der Waals surface area contributed by atoms with Crippen LogP contribution in [0.1, 0.15) is 48.9 Å². The highest BCUT2D eigenvalue weighted by Crippen LogP contribution is 2.48. The van der Waals surface area contributed by atoms with Gasteiger partial charge in [0.1, 0.15) is 34.8 Å². The van der Waals surface area contributed by atoms with E-state index in [1.54, 1.807) is 7.11 Å². The molecule has 14 heteroatoms. The molecule has 3 aromatic heterocycles. The van der Waals surface area contributed by atoms with Crippen molar-refractivity contribution >= 4 is 33.1 Å². The fraction of sp³-hybridized carbons (Fsp3) is 0.385. The molecular weight excluding hydrogens is 542 g/mol. The van der Waals surface area contributed by atoms with E-state index in [-0.39, 0.29) is 18.0 Å². The molecule has 0 spiro atoms. The second-order valence-corrected chi connectivity index (χ2v) is 12.0. The second kappa shape index (κ2) is 10.2. The molecule has 0 aliphatic heterocycles. The molecule has 1 saturated carbocycles. The maximum Gasteiger partial charge on any atom is 0.232 e. The molecule has 2 N–H and O–H groups in total. The van der Waals surface area contributed by atoms with Crippen LogP contribution >= 0.6 is 0 Å². The zero-order chi connectivity index (χ0) is 28.9. The van der Waals surface area contributed by atoms with Crippen LogP contribution in [0.5, 0.6) is 0 Å². The number of halogens is 2. The number of benzene rings is 1. The summed E-state index contributed by atoms with van der Waals surface area (Å²) in [6.45, 7) is 3.74. The van der Waals surface area contributed by atoms with E-state index in [1.165, 1.54) is 7.05 Å². The van der Waals surface area contributed by atoms with Gasteiger partial charge in [-0.15, -0.1) is 0 Å². The van der Waals surface area contributed by atoms with Gasteiger partial charge >= 0.3 is 0 Å². The number of aromatic nitrogens is 6. The molecule has 0 amide bonds. The Morgan fingerprint density at radius 3 is 2.40 bits per heavy atom. The van der Waals surface area contributed by atoms with Crippen LogP contribution in [0.2, 0.25) is 0 Å². The number of nitrogens with zero attached hydrogens (tertiary/aromatic N) is 6. The first kappa shape index (κ1) is 27.6. The van der Waals surface area contributed by atoms with Gasteiger partial charge in [0.25, 0.3) is 0 Å². The van der Waals surface area contributed by atoms with Gasteiger partial charge in [0, 0.05) is 51.0 Å². The van der Waals surface area contributed by atoms with Crippen molar-refractivity contribution in [3.8, 4) is 11.4 Å². The molecule has 212 valence electrons. The van der Waals surface area contributed by atoms with Gasteiger partial charge in [0.2, 0.25) is 5.95 Å². The predicted molar refractivity (Wildman–Crippen MR) is 146 cm³/mol. The second-order valence-electron chi connectivity index (χ2n) is 10.0. The molecule has 0 bridgehead atoms. The highest BCUT2D eigenvalue weighted by molar-refractivity contribution is 7.90. The van der Waals surface area contributed by atoms with E-state index in [2.05, 4.69) is 20.5 Å². The minimum absolute atomic E-state index is 0.0222. The van der Waals surface area contributed by atoms with Gasteiger partial charge in [-0.3, -0.25) is 5.10 Å². The molecule has 4 aromatic rings. The Balaban J connectivity index is 1.70. The Hall–Kier alpha value is -3.91. The molecule has 1 unspecified atom stereocenters. The van der Waals surface area contributed by atoms with Crippen LogP contribution in [0, 0.1) is 18.6 Å². The third-order valence-electron chi connectivity index (χ3n) is 6.80. The maximum atomic E-state index is 15.2. The van der Waals surface area contributed by atoms with Crippen molar-refractivity contribution in [2.75, 3.05) is 30.6 Å². The highest BCUT2D eigenvalue weighted by Gasteiger charge is 2.34. The van der Waals surface area contributed by atoms with Crippen LogP contribution in [0.25, 0.3) is 11.4 Å². The largest absolute Gasteiger partial charge is 0.374 e. The number of H-pyrrole nitrogens is 1. The van der Waals surface area contributed by atoms with Crippen molar-refractivity contribution in [1.82, 2.24) is 29.7 Å². The molecule has 0 saturated heterocycles. The van der Waals surface area contributed by atoms with Gasteiger partial charge in [-0.2, -0.15) is 10.1 Å². The molecule has 0 radical (unpaired) electrons. The number of nitrogens with one attached hydrogen (secondary N) is 2. The van der Waals surface area contributed by atoms with E-state index >= 15 is 8.78 Å². The Morgan fingerprint density at radius 1 is 1.18 bits per heavy atom. The average Bonchev–Trinajstić information content (AvgIpc) is 3.53. The summed E-state index contributed by atoms with van der Waals surface area (Å²) in [6, 6.07) is 3.38. The van der Waals surface area contributed by atoms with E-state index < -0.39 is 32.1 Å². The molecule has 3 heterocycles. The standard InChI is InChI=1S/C26H30F2N8O3S/c1-13-9-20(34-33-13)30-24-21(15-7-8-15)22(19-12-35(3)25(29-19)14(2)39-5)31-26(32-24)36(4)23-17(27)10-16(11-18(23)28)40(6,37)38/h9-12,14-15H,7-8H2,1-6H3,(H2,30,31,32,33,34). The van der Waals surface area contributed by atoms with Crippen LogP contribution in [0.15, 0.2) is 29.3 Å². The van der Waals surface area contributed by atoms with Gasteiger partial charge < -0.3 is 19.5 Å². The number of hydrogen-bond acceptors (Lipinski definition) is 9. The summed E-state index contributed by atoms with van der Waals surface area (Å²) < 4.78 is 61.5. The van der Waals surface area contributed by atoms with E-state index in [4.69, 9.17) is 14.7 Å². The van der Waals surface area contributed by atoms with Crippen LogP contribution in [-0.4, -0.2) is 58.5 Å². The van der Waals surface area contributed by atoms with Gasteiger partial charge in [-0.05, 0) is 44.7 Å². The predicted octanol–water partition coefficient (Wildman–Crippen LogP) is 4.69. The molecule has 5 rings (SSSR count). The van der Waals surface area contributed by atoms with Crippen molar-refractivity contribution in [2.24, 2.45) is 7.05 Å². The topological polar surface area (TPSA) is 131 Å². The third kappa shape index (κ3) is 5.28. The summed E-state index contributed by atoms with van der Waals surface area (Å²) in [5, 5.41) is 10.4. The molecule has 1 fully saturated rings. The lowest BCUT2D eigenvalue weighted by molar-refractivity contribution is 0.110. The minimum Gasteiger partial charge on any atom is -0.374 e. The van der Waals surface area contributed by atoms with Gasteiger partial charge in [-0.25, -0.2) is 27.2 Å². The summed E-state index contributed by atoms with van der Waals surface area (Å²) in [4.78, 5) is 14.9. The number of methoxy groups -OCH3 is 1. The summed E-state index contributed by atoms with van der Waals surface area (Å²) in [5.41, 5.74) is 2.22. The van der Waals surface area contributed by atoms with Crippen molar-refractivity contribution < 1.29 is 21.9 Å². The lowest BCUT2D eigenvalue weighted by atomic mass is 10.1. The fourth-order valence-electron chi connectivity index (χ4n) is 4.51. The molecule has 1 aliphatic rings. The van der Waals surface area contributed by atoms with Crippen LogP contribution in [-0.2, 0) is 21.6 Å². The normalized spacial score (nSPS) is 14.4. The van der Waals surface area contributed by atoms with Crippen molar-refractivity contribution in [2.45, 2.75) is 43.6 Å². The third-order valence-corrected chi connectivity index (χ3v) is 7.89. The van der Waals surface area contributed by atoms with E-state index in [0.29, 0.717) is 28.8 Å². The number of imidazole rings is 1. The van der Waals surface area contributed by atoms with Crippen LogP contribution in [0.4, 0.5) is 32.1 Å². The SMILES string of the molecule is COC(C)c1nc(-c2nc(N(C)c3c(F)cc(S(C)(=O)=O)cc3F)nc(Nc3cc(C)[nH]n3)c2C2CC2)cn1C. The summed E-state index contributed by atoms with van der Waals surface area (Å²) >= 11 is 0. The average molecular weight is 573 g/mol. The molecule has 40 heavy (non-hydrogen) atoms. The number of hydrogen-bond donors (Lipinski definition) is 2. The number of anilines is 4. The molecule has 11 nitrogen and oxygen atoms in total. The molecular formula is C26H30F2N8O3S. The fourth-order valence-corrected chi connectivity index (χ4v) is 5.15. The lowest BCUT2D eigenvalue weighted by Crippen LogP contribution is -2.19. The minimum atomic E-state index is -3.83. The van der Waals surface area contributed by atoms with Crippen LogP contribution in [0.3, 0.4) is 0 Å². The number of ether oxygens (including phenoxy) is 1. The van der Waals surface area contributed by atoms with Gasteiger partial charge in [0.05, 0.1) is 4.90 Å². The lowest BCUT2D eigenvalue weighted by Gasteiger charge is -2.22. The first-order valence-electron chi connectivity index (χ1n) is 12.6. The van der Waals surface area contributed by atoms with Crippen molar-refractivity contribution in [3.63, 3.8) is 0 Å². The molecule has 1 aromatic carbocycles. The van der Waals surface area contributed by atoms with Crippen molar-refractivity contribution in [3.05, 3.63) is 53.1 Å². The Kier molecular flexibility index (Phi) is 7.08. The number of aromatic amines is 1. The Labute approximate surface area is 230 Å². The maximum absolute atomic E-state index is 15.2. The van der Waals surface area contributed by atoms with Crippen molar-refractivity contribution in [1.29, 1.82) is 0 Å². The van der Waals surface area contributed by atoms with E-state index in [1.807, 2.05) is 37.7 Å². The molecule has 1 atom stereocenters. The quantitative estimate of drug-likeness (QED) is 0.293. The monoisotopic (exact) mass is 572 g/mol. The Morgan fingerprint density at radius 2 is 1.85 bits per heavy atom. The number of aryl methyl sites for hydroxylation is 2. The Bertz CT molecular complexity index is 1670. The van der Waals surface area contributed by atoms with Gasteiger partial charge in [-0.1, -0.05) is 0 Å². The number of sulfone groups is 1. The number of rotatable bonds is 9. The van der Waals surface area contributed by atoms with Crippen LogP contribution < -0.4 is 10.2 Å². The first-order valence-corrected chi connectivity index (χ1v) is 14.5. The molecule has 1 aliphatic carbocycles.